The minimum Gasteiger partial charge on any atom is -0.453 e. The summed E-state index contributed by atoms with van der Waals surface area (Å²) >= 11 is 12.0. The molecule has 8 nitrogen and oxygen atoms in total. The van der Waals surface area contributed by atoms with E-state index in [1.807, 2.05) is 0 Å². The molecular weight excluding hydrogens is 522 g/mol. The first kappa shape index (κ1) is 24.7. The smallest absolute Gasteiger partial charge is 0.413 e. The van der Waals surface area contributed by atoms with Crippen molar-refractivity contribution in [2.24, 2.45) is 0 Å². The molecule has 1 aliphatic heterocycles. The van der Waals surface area contributed by atoms with Crippen LogP contribution in [0.25, 0.3) is 11.0 Å². The van der Waals surface area contributed by atoms with E-state index in [2.05, 4.69) is 20.0 Å². The van der Waals surface area contributed by atoms with Crippen molar-refractivity contribution in [3.05, 3.63) is 87.2 Å². The Bertz CT molecular complexity index is 1470. The predicted molar refractivity (Wildman–Crippen MR) is 132 cm³/mol. The Balaban J connectivity index is 0.00000289. The number of nitrogens with one attached hydrogen (secondary N) is 2. The maximum absolute atomic E-state index is 14.1. The van der Waals surface area contributed by atoms with Gasteiger partial charge in [-0.05, 0) is 30.3 Å². The summed E-state index contributed by atoms with van der Waals surface area (Å²) in [5, 5.41) is 13.9. The summed E-state index contributed by atoms with van der Waals surface area (Å²) in [7, 11) is 1.22. The van der Waals surface area contributed by atoms with Crippen LogP contribution in [0.3, 0.4) is 0 Å². The van der Waals surface area contributed by atoms with Crippen molar-refractivity contribution in [3.8, 4) is 0 Å². The second-order valence-electron chi connectivity index (χ2n) is 7.52. The number of aromatic amines is 1. The molecule has 0 spiro atoms. The Morgan fingerprint density at radius 3 is 2.54 bits per heavy atom. The maximum Gasteiger partial charge on any atom is 0.413 e. The number of halogens is 4. The number of aliphatic hydroxyl groups is 1. The highest BCUT2D eigenvalue weighted by Gasteiger charge is 2.51. The van der Waals surface area contributed by atoms with Gasteiger partial charge in [0.05, 0.1) is 33.9 Å². The SMILES string of the molecule is COC(=O)Nc1nc2ccc(C3(O)c4ccccc4C(=O)N3c3cc(Cl)c(F)c(Cl)c3)cc2[nH]1.Cl. The van der Waals surface area contributed by atoms with Gasteiger partial charge in [0.2, 0.25) is 5.95 Å². The zero-order chi connectivity index (χ0) is 24.2. The molecule has 35 heavy (non-hydrogen) atoms. The largest absolute Gasteiger partial charge is 0.453 e. The van der Waals surface area contributed by atoms with Gasteiger partial charge in [-0.25, -0.2) is 14.2 Å². The number of methoxy groups -OCH3 is 1. The van der Waals surface area contributed by atoms with Gasteiger partial charge in [0.1, 0.15) is 0 Å². The number of rotatable bonds is 3. The third kappa shape index (κ3) is 3.86. The van der Waals surface area contributed by atoms with E-state index in [-0.39, 0.29) is 39.7 Å². The van der Waals surface area contributed by atoms with Crippen molar-refractivity contribution in [2.45, 2.75) is 5.72 Å². The van der Waals surface area contributed by atoms with Gasteiger partial charge >= 0.3 is 6.09 Å². The number of imidazole rings is 1. The van der Waals surface area contributed by atoms with E-state index in [9.17, 15) is 19.1 Å². The molecule has 0 saturated carbocycles. The zero-order valence-electron chi connectivity index (χ0n) is 17.8. The average Bonchev–Trinajstić information content (AvgIpc) is 3.33. The van der Waals surface area contributed by atoms with Crippen molar-refractivity contribution < 1.29 is 23.8 Å². The van der Waals surface area contributed by atoms with Gasteiger partial charge in [0.25, 0.3) is 5.91 Å². The number of anilines is 2. The number of amides is 2. The monoisotopic (exact) mass is 536 g/mol. The summed E-state index contributed by atoms with van der Waals surface area (Å²) < 4.78 is 18.7. The molecule has 5 rings (SSSR count). The lowest BCUT2D eigenvalue weighted by atomic mass is 9.93. The first-order valence-corrected chi connectivity index (χ1v) is 10.7. The van der Waals surface area contributed by atoms with Crippen LogP contribution in [0.15, 0.2) is 54.6 Å². The number of aromatic nitrogens is 2. The van der Waals surface area contributed by atoms with Crippen LogP contribution in [0, 0.1) is 5.82 Å². The molecule has 12 heteroatoms. The molecule has 1 aromatic heterocycles. The highest BCUT2D eigenvalue weighted by atomic mass is 35.5. The Hall–Kier alpha value is -3.37. The number of ether oxygens (including phenoxy) is 1. The van der Waals surface area contributed by atoms with Crippen LogP contribution in [-0.4, -0.2) is 34.2 Å². The number of carbonyl (C=O) groups is 2. The Kier molecular flexibility index (Phi) is 6.37. The minimum absolute atomic E-state index is 0. The van der Waals surface area contributed by atoms with Crippen LogP contribution < -0.4 is 10.2 Å². The third-order valence-electron chi connectivity index (χ3n) is 5.58. The summed E-state index contributed by atoms with van der Waals surface area (Å²) in [6, 6.07) is 13.8. The lowest BCUT2D eigenvalue weighted by Crippen LogP contribution is -2.45. The third-order valence-corrected chi connectivity index (χ3v) is 6.13. The fourth-order valence-corrected chi connectivity index (χ4v) is 4.53. The molecule has 1 atom stereocenters. The van der Waals surface area contributed by atoms with Crippen LogP contribution in [0.2, 0.25) is 10.0 Å². The molecule has 0 saturated heterocycles. The number of hydrogen-bond donors (Lipinski definition) is 3. The number of H-pyrrole nitrogens is 1. The van der Waals surface area contributed by atoms with Gasteiger partial charge in [-0.3, -0.25) is 15.0 Å². The minimum atomic E-state index is -1.98. The van der Waals surface area contributed by atoms with Crippen molar-refractivity contribution in [3.63, 3.8) is 0 Å². The Morgan fingerprint density at radius 2 is 1.86 bits per heavy atom. The molecule has 4 aromatic rings. The summed E-state index contributed by atoms with van der Waals surface area (Å²) in [4.78, 5) is 33.2. The van der Waals surface area contributed by atoms with E-state index in [1.54, 1.807) is 42.5 Å². The molecule has 180 valence electrons. The van der Waals surface area contributed by atoms with E-state index < -0.39 is 23.5 Å². The molecule has 0 radical (unpaired) electrons. The fraction of sp³-hybridized carbons (Fsp3) is 0.0870. The van der Waals surface area contributed by atoms with Gasteiger partial charge in [0, 0.05) is 16.7 Å². The molecule has 2 amide bonds. The first-order chi connectivity index (χ1) is 16.2. The number of fused-ring (bicyclic) bond motifs is 2. The van der Waals surface area contributed by atoms with Crippen LogP contribution in [-0.2, 0) is 10.5 Å². The predicted octanol–water partition coefficient (Wildman–Crippen LogP) is 5.46. The molecule has 3 N–H and O–H groups in total. The summed E-state index contributed by atoms with van der Waals surface area (Å²) in [5.41, 5.74) is -0.00310. The normalized spacial score (nSPS) is 16.7. The zero-order valence-corrected chi connectivity index (χ0v) is 20.1. The molecule has 1 unspecified atom stereocenters. The van der Waals surface area contributed by atoms with E-state index in [1.165, 1.54) is 19.2 Å². The lowest BCUT2D eigenvalue weighted by molar-refractivity contribution is 0.0704. The van der Waals surface area contributed by atoms with Gasteiger partial charge in [-0.15, -0.1) is 12.4 Å². The number of nitrogens with zero attached hydrogens (tertiary/aromatic N) is 2. The van der Waals surface area contributed by atoms with Gasteiger partial charge < -0.3 is 14.8 Å². The molecule has 0 bridgehead atoms. The van der Waals surface area contributed by atoms with Crippen LogP contribution in [0.5, 0.6) is 0 Å². The van der Waals surface area contributed by atoms with Crippen LogP contribution in [0.4, 0.5) is 20.8 Å². The van der Waals surface area contributed by atoms with Crippen LogP contribution in [0.1, 0.15) is 21.5 Å². The van der Waals surface area contributed by atoms with Gasteiger partial charge in [-0.1, -0.05) is 47.5 Å². The Labute approximate surface area is 214 Å². The molecule has 1 aliphatic rings. The van der Waals surface area contributed by atoms with Crippen LogP contribution >= 0.6 is 35.6 Å². The van der Waals surface area contributed by atoms with E-state index in [0.29, 0.717) is 22.2 Å². The second kappa shape index (κ2) is 9.01. The van der Waals surface area contributed by atoms with E-state index >= 15 is 0 Å². The first-order valence-electron chi connectivity index (χ1n) is 9.90. The highest BCUT2D eigenvalue weighted by Crippen LogP contribution is 2.46. The Morgan fingerprint density at radius 1 is 1.17 bits per heavy atom. The number of hydrogen-bond acceptors (Lipinski definition) is 5. The number of benzene rings is 3. The van der Waals surface area contributed by atoms with E-state index in [0.717, 1.165) is 4.90 Å². The molecule has 0 fully saturated rings. The summed E-state index contributed by atoms with van der Waals surface area (Å²) in [5.74, 6) is -1.21. The summed E-state index contributed by atoms with van der Waals surface area (Å²) in [6.45, 7) is 0. The molecular formula is C23H16Cl3FN4O4. The van der Waals surface area contributed by atoms with Crippen molar-refractivity contribution in [1.29, 1.82) is 0 Å². The molecule has 0 aliphatic carbocycles. The summed E-state index contributed by atoms with van der Waals surface area (Å²) in [6.07, 6.45) is -0.704. The van der Waals surface area contributed by atoms with E-state index in [4.69, 9.17) is 23.2 Å². The lowest BCUT2D eigenvalue weighted by Gasteiger charge is -2.35. The van der Waals surface area contributed by atoms with Crippen molar-refractivity contribution in [2.75, 3.05) is 17.3 Å². The molecule has 3 aromatic carbocycles. The maximum atomic E-state index is 14.1. The van der Waals surface area contributed by atoms with Gasteiger partial charge in [0.15, 0.2) is 11.5 Å². The molecule has 2 heterocycles. The van der Waals surface area contributed by atoms with Gasteiger partial charge in [-0.2, -0.15) is 0 Å². The number of carbonyl (C=O) groups excluding carboxylic acids is 2. The highest BCUT2D eigenvalue weighted by molar-refractivity contribution is 6.35. The second-order valence-corrected chi connectivity index (χ2v) is 8.33. The quantitative estimate of drug-likeness (QED) is 0.301. The van der Waals surface area contributed by atoms with Crippen molar-refractivity contribution in [1.82, 2.24) is 9.97 Å². The standard InChI is InChI=1S/C23H15Cl2FN4O4.ClH/c1-34-22(32)29-21-27-17-7-6-11(8-18(17)28-21)23(33)14-5-3-2-4-13(14)20(31)30(23)12-9-15(24)19(26)16(25)10-12;/h2-10,33H,1H3,(H2,27,28,29,32);1H. The van der Waals surface area contributed by atoms with Crippen molar-refractivity contribution >= 4 is 70.3 Å². The topological polar surface area (TPSA) is 108 Å². The average molecular weight is 538 g/mol. The fourth-order valence-electron chi connectivity index (χ4n) is 4.05.